The zero-order chi connectivity index (χ0) is 16.2. The minimum Gasteiger partial charge on any atom is -0.308 e. The number of halogens is 1. The molecule has 0 spiro atoms. The number of hydrogen-bond acceptors (Lipinski definition) is 3. The normalized spacial score (nSPS) is 10.7. The Bertz CT molecular complexity index is 823. The van der Waals surface area contributed by atoms with E-state index in [0.717, 1.165) is 5.69 Å². The smallest absolute Gasteiger partial charge is 0.247 e. The summed E-state index contributed by atoms with van der Waals surface area (Å²) < 4.78 is 16.7. The fraction of sp³-hybridized carbons (Fsp3) is 0.188. The lowest BCUT2D eigenvalue weighted by Gasteiger charge is -2.04. The van der Waals surface area contributed by atoms with E-state index in [0.29, 0.717) is 17.9 Å². The van der Waals surface area contributed by atoms with Gasteiger partial charge in [-0.15, -0.1) is 0 Å². The van der Waals surface area contributed by atoms with Crippen LogP contribution in [0.1, 0.15) is 11.3 Å². The van der Waals surface area contributed by atoms with E-state index in [1.807, 2.05) is 13.0 Å². The van der Waals surface area contributed by atoms with Crippen molar-refractivity contribution in [2.24, 2.45) is 0 Å². The van der Waals surface area contributed by atoms with Crippen LogP contribution in [0.25, 0.3) is 0 Å². The van der Waals surface area contributed by atoms with E-state index in [1.165, 1.54) is 6.07 Å². The average molecular weight is 313 g/mol. The number of nitrogens with one attached hydrogen (secondary N) is 1. The van der Waals surface area contributed by atoms with Crippen LogP contribution in [0.5, 0.6) is 0 Å². The quantitative estimate of drug-likeness (QED) is 0.785. The molecule has 0 atom stereocenters. The van der Waals surface area contributed by atoms with Gasteiger partial charge in [-0.1, -0.05) is 18.2 Å². The maximum Gasteiger partial charge on any atom is 0.247 e. The summed E-state index contributed by atoms with van der Waals surface area (Å²) >= 11 is 0. The van der Waals surface area contributed by atoms with Gasteiger partial charge in [0.25, 0.3) is 0 Å². The van der Waals surface area contributed by atoms with Gasteiger partial charge in [-0.05, 0) is 19.1 Å². The average Bonchev–Trinajstić information content (AvgIpc) is 3.11. The molecule has 0 aliphatic rings. The molecule has 0 fully saturated rings. The number of carbonyl (C=O) groups is 1. The Labute approximate surface area is 132 Å². The highest BCUT2D eigenvalue weighted by Gasteiger charge is 2.08. The van der Waals surface area contributed by atoms with Gasteiger partial charge in [0.05, 0.1) is 12.2 Å². The third-order valence-electron chi connectivity index (χ3n) is 3.28. The lowest BCUT2D eigenvalue weighted by Crippen LogP contribution is -2.19. The lowest BCUT2D eigenvalue weighted by molar-refractivity contribution is -0.116. The SMILES string of the molecule is Cc1ccn(CC(=O)Nc2ccn(Cc3ccccc3F)n2)n1. The number of anilines is 1. The summed E-state index contributed by atoms with van der Waals surface area (Å²) in [6.07, 6.45) is 3.44. The molecule has 0 aliphatic carbocycles. The van der Waals surface area contributed by atoms with E-state index in [-0.39, 0.29) is 18.3 Å². The molecule has 0 radical (unpaired) electrons. The predicted octanol–water partition coefficient (Wildman–Crippen LogP) is 2.21. The van der Waals surface area contributed by atoms with Crippen LogP contribution in [0.2, 0.25) is 0 Å². The molecule has 0 saturated carbocycles. The maximum atomic E-state index is 13.6. The second kappa shape index (κ2) is 6.43. The van der Waals surface area contributed by atoms with Gasteiger partial charge in [0, 0.05) is 24.0 Å². The van der Waals surface area contributed by atoms with Crippen molar-refractivity contribution in [2.45, 2.75) is 20.0 Å². The summed E-state index contributed by atoms with van der Waals surface area (Å²) in [6, 6.07) is 10.0. The molecule has 0 aliphatic heterocycles. The van der Waals surface area contributed by atoms with Crippen LogP contribution in [0.15, 0.2) is 48.8 Å². The van der Waals surface area contributed by atoms with Crippen molar-refractivity contribution in [2.75, 3.05) is 5.32 Å². The van der Waals surface area contributed by atoms with E-state index in [9.17, 15) is 9.18 Å². The minimum atomic E-state index is -0.275. The number of carbonyl (C=O) groups excluding carboxylic acids is 1. The van der Waals surface area contributed by atoms with Gasteiger partial charge in [0.2, 0.25) is 5.91 Å². The Kier molecular flexibility index (Phi) is 4.18. The first-order valence-corrected chi connectivity index (χ1v) is 7.17. The number of benzene rings is 1. The Morgan fingerprint density at radius 3 is 2.65 bits per heavy atom. The number of rotatable bonds is 5. The maximum absolute atomic E-state index is 13.6. The van der Waals surface area contributed by atoms with E-state index >= 15 is 0 Å². The monoisotopic (exact) mass is 313 g/mol. The van der Waals surface area contributed by atoms with E-state index < -0.39 is 0 Å². The summed E-state index contributed by atoms with van der Waals surface area (Å²) in [5.74, 6) is -0.0675. The van der Waals surface area contributed by atoms with Crippen molar-refractivity contribution >= 4 is 11.7 Å². The number of aromatic nitrogens is 4. The van der Waals surface area contributed by atoms with Gasteiger partial charge in [0.15, 0.2) is 5.82 Å². The van der Waals surface area contributed by atoms with Crippen molar-refractivity contribution in [3.63, 3.8) is 0 Å². The minimum absolute atomic E-state index is 0.119. The lowest BCUT2D eigenvalue weighted by atomic mass is 10.2. The topological polar surface area (TPSA) is 64.7 Å². The van der Waals surface area contributed by atoms with Gasteiger partial charge in [-0.3, -0.25) is 14.2 Å². The molecule has 0 saturated heterocycles. The Hall–Kier alpha value is -2.96. The second-order valence-corrected chi connectivity index (χ2v) is 5.19. The molecule has 23 heavy (non-hydrogen) atoms. The largest absolute Gasteiger partial charge is 0.308 e. The molecule has 1 aromatic carbocycles. The summed E-state index contributed by atoms with van der Waals surface area (Å²) in [6.45, 7) is 2.29. The van der Waals surface area contributed by atoms with Crippen LogP contribution >= 0.6 is 0 Å². The van der Waals surface area contributed by atoms with E-state index in [4.69, 9.17) is 0 Å². The van der Waals surface area contributed by atoms with E-state index in [1.54, 1.807) is 46.0 Å². The summed E-state index contributed by atoms with van der Waals surface area (Å²) in [5.41, 5.74) is 1.40. The number of aryl methyl sites for hydroxylation is 1. The van der Waals surface area contributed by atoms with Crippen LogP contribution in [0.3, 0.4) is 0 Å². The zero-order valence-electron chi connectivity index (χ0n) is 12.6. The molecule has 7 heteroatoms. The molecule has 3 aromatic rings. The Morgan fingerprint density at radius 2 is 1.91 bits per heavy atom. The first kappa shape index (κ1) is 15.0. The first-order chi connectivity index (χ1) is 11.1. The highest BCUT2D eigenvalue weighted by molar-refractivity contribution is 5.89. The highest BCUT2D eigenvalue weighted by Crippen LogP contribution is 2.10. The fourth-order valence-electron chi connectivity index (χ4n) is 2.20. The standard InChI is InChI=1S/C16H16FN5O/c1-12-6-8-22(19-12)11-16(23)18-15-7-9-21(20-15)10-13-4-2-3-5-14(13)17/h2-9H,10-11H2,1H3,(H,18,20,23). The number of amides is 1. The number of hydrogen-bond donors (Lipinski definition) is 1. The van der Waals surface area contributed by atoms with Gasteiger partial charge >= 0.3 is 0 Å². The molecule has 0 unspecified atom stereocenters. The molecular formula is C16H16FN5O. The molecule has 0 bridgehead atoms. The van der Waals surface area contributed by atoms with Crippen molar-refractivity contribution in [1.29, 1.82) is 0 Å². The van der Waals surface area contributed by atoms with Crippen LogP contribution in [-0.2, 0) is 17.9 Å². The Morgan fingerprint density at radius 1 is 1.13 bits per heavy atom. The van der Waals surface area contributed by atoms with Crippen molar-refractivity contribution in [3.8, 4) is 0 Å². The fourth-order valence-corrected chi connectivity index (χ4v) is 2.20. The zero-order valence-corrected chi connectivity index (χ0v) is 12.6. The summed E-state index contributed by atoms with van der Waals surface area (Å²) in [4.78, 5) is 11.9. The number of nitrogens with zero attached hydrogens (tertiary/aromatic N) is 4. The van der Waals surface area contributed by atoms with Gasteiger partial charge in [0.1, 0.15) is 12.4 Å². The molecule has 118 valence electrons. The highest BCUT2D eigenvalue weighted by atomic mass is 19.1. The third kappa shape index (κ3) is 3.82. The third-order valence-corrected chi connectivity index (χ3v) is 3.28. The van der Waals surface area contributed by atoms with Gasteiger partial charge < -0.3 is 5.32 Å². The Balaban J connectivity index is 1.61. The van der Waals surface area contributed by atoms with Crippen molar-refractivity contribution < 1.29 is 9.18 Å². The molecule has 1 amide bonds. The van der Waals surface area contributed by atoms with Crippen LogP contribution < -0.4 is 5.32 Å². The molecular weight excluding hydrogens is 297 g/mol. The molecule has 2 aromatic heterocycles. The molecule has 3 rings (SSSR count). The summed E-state index contributed by atoms with van der Waals surface area (Å²) in [7, 11) is 0. The second-order valence-electron chi connectivity index (χ2n) is 5.19. The van der Waals surface area contributed by atoms with Crippen molar-refractivity contribution in [1.82, 2.24) is 19.6 Å². The predicted molar refractivity (Wildman–Crippen MR) is 83.3 cm³/mol. The molecule has 6 nitrogen and oxygen atoms in total. The van der Waals surface area contributed by atoms with Crippen molar-refractivity contribution in [3.05, 3.63) is 65.9 Å². The summed E-state index contributed by atoms with van der Waals surface area (Å²) in [5, 5.41) is 11.1. The van der Waals surface area contributed by atoms with Gasteiger partial charge in [-0.2, -0.15) is 10.2 Å². The van der Waals surface area contributed by atoms with Gasteiger partial charge in [-0.25, -0.2) is 4.39 Å². The molecule has 2 heterocycles. The van der Waals surface area contributed by atoms with E-state index in [2.05, 4.69) is 15.5 Å². The van der Waals surface area contributed by atoms with Crippen LogP contribution in [0, 0.1) is 12.7 Å². The van der Waals surface area contributed by atoms with Crippen LogP contribution in [-0.4, -0.2) is 25.5 Å². The van der Waals surface area contributed by atoms with Crippen LogP contribution in [0.4, 0.5) is 10.2 Å². The first-order valence-electron chi connectivity index (χ1n) is 7.17. The molecule has 1 N–H and O–H groups in total.